The number of carbonyl (C=O) groups is 1. The van der Waals surface area contributed by atoms with Crippen LogP contribution < -0.4 is 9.47 Å². The number of hydrogen-bond donors (Lipinski definition) is 0. The number of nitrogens with zero attached hydrogens (tertiary/aromatic N) is 1. The molecule has 1 aliphatic rings. The number of esters is 1. The predicted molar refractivity (Wildman–Crippen MR) is 126 cm³/mol. The van der Waals surface area contributed by atoms with Gasteiger partial charge in [0.15, 0.2) is 11.5 Å². The highest BCUT2D eigenvalue weighted by atomic mass is 32.2. The van der Waals surface area contributed by atoms with Crippen molar-refractivity contribution < 1.29 is 27.4 Å². The molecule has 0 fully saturated rings. The van der Waals surface area contributed by atoms with Crippen LogP contribution >= 0.6 is 0 Å². The normalized spacial score (nSPS) is 16.2. The third kappa shape index (κ3) is 5.01. The van der Waals surface area contributed by atoms with Gasteiger partial charge in [-0.15, -0.1) is 0 Å². The summed E-state index contributed by atoms with van der Waals surface area (Å²) in [6.07, 6.45) is 0.412. The van der Waals surface area contributed by atoms with Gasteiger partial charge in [-0.3, -0.25) is 4.79 Å². The topological polar surface area (TPSA) is 82.1 Å². The summed E-state index contributed by atoms with van der Waals surface area (Å²) in [7, 11) is -2.57. The van der Waals surface area contributed by atoms with Crippen molar-refractivity contribution in [3.63, 3.8) is 0 Å². The third-order valence-corrected chi connectivity index (χ3v) is 8.09. The van der Waals surface area contributed by atoms with Gasteiger partial charge in [0, 0.05) is 6.54 Å². The molecule has 0 saturated carbocycles. The molecule has 0 N–H and O–H groups in total. The SMILES string of the molecule is CCOc1cc2c(cc1OCC)[C@@H](CC(=O)OC)N(S(=O)(=O)c1c(C)cc(C)cc1C)CC2. The minimum Gasteiger partial charge on any atom is -0.490 e. The van der Waals surface area contributed by atoms with Crippen molar-refractivity contribution in [3.05, 3.63) is 52.1 Å². The third-order valence-electron chi connectivity index (χ3n) is 5.87. The Balaban J connectivity index is 2.17. The maximum Gasteiger partial charge on any atom is 0.307 e. The van der Waals surface area contributed by atoms with Gasteiger partial charge in [0.1, 0.15) is 0 Å². The van der Waals surface area contributed by atoms with Crippen molar-refractivity contribution in [2.24, 2.45) is 0 Å². The molecule has 1 aliphatic heterocycles. The van der Waals surface area contributed by atoms with Gasteiger partial charge in [-0.25, -0.2) is 8.42 Å². The lowest BCUT2D eigenvalue weighted by Gasteiger charge is -2.37. The highest BCUT2D eigenvalue weighted by Gasteiger charge is 2.39. The average molecular weight is 476 g/mol. The molecule has 0 spiro atoms. The second kappa shape index (κ2) is 10.1. The van der Waals surface area contributed by atoms with E-state index in [-0.39, 0.29) is 13.0 Å². The van der Waals surface area contributed by atoms with Gasteiger partial charge < -0.3 is 14.2 Å². The summed E-state index contributed by atoms with van der Waals surface area (Å²) < 4.78 is 45.7. The molecule has 0 radical (unpaired) electrons. The largest absolute Gasteiger partial charge is 0.490 e. The fourth-order valence-corrected chi connectivity index (χ4v) is 6.68. The smallest absolute Gasteiger partial charge is 0.307 e. The van der Waals surface area contributed by atoms with Crippen LogP contribution in [-0.4, -0.2) is 45.6 Å². The van der Waals surface area contributed by atoms with Crippen LogP contribution in [0.3, 0.4) is 0 Å². The van der Waals surface area contributed by atoms with Gasteiger partial charge in [0.25, 0.3) is 0 Å². The van der Waals surface area contributed by atoms with Crippen molar-refractivity contribution >= 4 is 16.0 Å². The Morgan fingerprint density at radius 3 is 2.12 bits per heavy atom. The number of ether oxygens (including phenoxy) is 3. The predicted octanol–water partition coefficient (Wildman–Crippen LogP) is 4.26. The molecule has 7 nitrogen and oxygen atoms in total. The number of carbonyl (C=O) groups excluding carboxylic acids is 1. The summed E-state index contributed by atoms with van der Waals surface area (Å²) >= 11 is 0. The zero-order valence-electron chi connectivity index (χ0n) is 20.2. The molecule has 1 atom stereocenters. The van der Waals surface area contributed by atoms with Gasteiger partial charge in [-0.2, -0.15) is 4.31 Å². The molecule has 3 rings (SSSR count). The molecule has 2 aromatic rings. The van der Waals surface area contributed by atoms with Crippen LogP contribution in [0.1, 0.15) is 54.1 Å². The van der Waals surface area contributed by atoms with Crippen molar-refractivity contribution in [1.29, 1.82) is 0 Å². The van der Waals surface area contributed by atoms with E-state index in [1.54, 1.807) is 0 Å². The maximum atomic E-state index is 13.9. The Hall–Kier alpha value is -2.58. The minimum atomic E-state index is -3.88. The van der Waals surface area contributed by atoms with E-state index in [1.807, 2.05) is 58.9 Å². The van der Waals surface area contributed by atoms with E-state index in [4.69, 9.17) is 14.2 Å². The van der Waals surface area contributed by atoms with Crippen molar-refractivity contribution in [2.75, 3.05) is 26.9 Å². The van der Waals surface area contributed by atoms with E-state index in [9.17, 15) is 13.2 Å². The highest BCUT2D eigenvalue weighted by molar-refractivity contribution is 7.89. The molecule has 2 aromatic carbocycles. The van der Waals surface area contributed by atoms with E-state index >= 15 is 0 Å². The first kappa shape index (κ1) is 25.1. The molecule has 0 saturated heterocycles. The first-order chi connectivity index (χ1) is 15.6. The van der Waals surface area contributed by atoms with E-state index in [2.05, 4.69) is 0 Å². The number of hydrogen-bond acceptors (Lipinski definition) is 6. The van der Waals surface area contributed by atoms with Gasteiger partial charge in [-0.05, 0) is 75.4 Å². The Morgan fingerprint density at radius 1 is 1.00 bits per heavy atom. The number of sulfonamides is 1. The van der Waals surface area contributed by atoms with Crippen molar-refractivity contribution in [2.45, 2.75) is 58.4 Å². The van der Waals surface area contributed by atoms with Crippen LogP contribution in [0.25, 0.3) is 0 Å². The second-order valence-electron chi connectivity index (χ2n) is 8.25. The van der Waals surface area contributed by atoms with Gasteiger partial charge in [0.05, 0.1) is 37.7 Å². The summed E-state index contributed by atoms with van der Waals surface area (Å²) in [6.45, 7) is 10.5. The summed E-state index contributed by atoms with van der Waals surface area (Å²) in [5.41, 5.74) is 4.07. The molecule has 0 unspecified atom stereocenters. The average Bonchev–Trinajstić information content (AvgIpc) is 2.73. The molecule has 0 aromatic heterocycles. The van der Waals surface area contributed by atoms with E-state index in [0.29, 0.717) is 47.2 Å². The fraction of sp³-hybridized carbons (Fsp3) is 0.480. The molecule has 180 valence electrons. The number of methoxy groups -OCH3 is 1. The van der Waals surface area contributed by atoms with E-state index < -0.39 is 22.0 Å². The van der Waals surface area contributed by atoms with Crippen LogP contribution in [0.4, 0.5) is 0 Å². The summed E-state index contributed by atoms with van der Waals surface area (Å²) in [4.78, 5) is 12.7. The van der Waals surface area contributed by atoms with E-state index in [0.717, 1.165) is 16.7 Å². The molecule has 33 heavy (non-hydrogen) atoms. The van der Waals surface area contributed by atoms with Crippen molar-refractivity contribution in [1.82, 2.24) is 4.31 Å². The maximum absolute atomic E-state index is 13.9. The standard InChI is InChI=1S/C25H33NO6S/c1-7-31-22-13-19-9-10-26(33(28,29)25-17(4)11-16(3)12-18(25)5)21(15-24(27)30-6)20(19)14-23(22)32-8-2/h11-14,21H,7-10,15H2,1-6H3/t21-/m1/s1. The Kier molecular flexibility index (Phi) is 7.69. The molecule has 1 heterocycles. The zero-order chi connectivity index (χ0) is 24.3. The van der Waals surface area contributed by atoms with Crippen LogP contribution in [-0.2, 0) is 26.0 Å². The Bertz CT molecular complexity index is 1120. The lowest BCUT2D eigenvalue weighted by atomic mass is 9.91. The highest BCUT2D eigenvalue weighted by Crippen LogP contribution is 2.42. The summed E-state index contributed by atoms with van der Waals surface area (Å²) in [5.74, 6) is 0.684. The van der Waals surface area contributed by atoms with Crippen LogP contribution in [0, 0.1) is 20.8 Å². The number of benzene rings is 2. The first-order valence-electron chi connectivity index (χ1n) is 11.2. The Labute approximate surface area is 196 Å². The van der Waals surface area contributed by atoms with Crippen LogP contribution in [0.2, 0.25) is 0 Å². The molecule has 0 amide bonds. The number of fused-ring (bicyclic) bond motifs is 1. The van der Waals surface area contributed by atoms with Gasteiger partial charge in [-0.1, -0.05) is 17.7 Å². The number of aryl methyl sites for hydroxylation is 3. The van der Waals surface area contributed by atoms with Gasteiger partial charge in [0.2, 0.25) is 10.0 Å². The molecule has 0 aliphatic carbocycles. The fourth-order valence-electron chi connectivity index (χ4n) is 4.65. The summed E-state index contributed by atoms with van der Waals surface area (Å²) in [6, 6.07) is 6.75. The van der Waals surface area contributed by atoms with Gasteiger partial charge >= 0.3 is 5.97 Å². The molecule has 8 heteroatoms. The van der Waals surface area contributed by atoms with Crippen LogP contribution in [0.5, 0.6) is 11.5 Å². The lowest BCUT2D eigenvalue weighted by molar-refractivity contribution is -0.141. The number of rotatable bonds is 8. The Morgan fingerprint density at radius 2 is 1.58 bits per heavy atom. The molecular formula is C25H33NO6S. The monoisotopic (exact) mass is 475 g/mol. The minimum absolute atomic E-state index is 0.0910. The van der Waals surface area contributed by atoms with E-state index in [1.165, 1.54) is 11.4 Å². The van der Waals surface area contributed by atoms with Crippen molar-refractivity contribution in [3.8, 4) is 11.5 Å². The summed E-state index contributed by atoms with van der Waals surface area (Å²) in [5, 5.41) is 0. The quantitative estimate of drug-likeness (QED) is 0.531. The molecule has 0 bridgehead atoms. The van der Waals surface area contributed by atoms with Crippen LogP contribution in [0.15, 0.2) is 29.2 Å². The first-order valence-corrected chi connectivity index (χ1v) is 12.7. The lowest BCUT2D eigenvalue weighted by Crippen LogP contribution is -2.41. The second-order valence-corrected chi connectivity index (χ2v) is 10.1. The molecular weight excluding hydrogens is 442 g/mol. The zero-order valence-corrected chi connectivity index (χ0v) is 21.0.